The predicted molar refractivity (Wildman–Crippen MR) is 88.5 cm³/mol. The van der Waals surface area contributed by atoms with Crippen LogP contribution >= 0.6 is 7.75 Å². The predicted octanol–water partition coefficient (Wildman–Crippen LogP) is 1.49. The number of aliphatic hydroxyl groups is 1. The number of hydrogen-bond donors (Lipinski definition) is 5. The van der Waals surface area contributed by atoms with Crippen molar-refractivity contribution < 1.29 is 34.2 Å². The number of allylic oxidation sites excluding steroid dienone is 3. The fourth-order valence-corrected chi connectivity index (χ4v) is 3.07. The third kappa shape index (κ3) is 5.56. The Bertz CT molecular complexity index is 776. The second-order valence-corrected chi connectivity index (χ2v) is 6.96. The zero-order valence-corrected chi connectivity index (χ0v) is 14.0. The topological polar surface area (TPSA) is 144 Å². The third-order valence-electron chi connectivity index (χ3n) is 3.61. The highest BCUT2D eigenvalue weighted by Gasteiger charge is 2.34. The molecule has 0 saturated heterocycles. The molecule has 0 radical (unpaired) electrons. The zero-order valence-electron chi connectivity index (χ0n) is 13.1. The van der Waals surface area contributed by atoms with Gasteiger partial charge in [-0.25, -0.2) is 4.57 Å². The van der Waals surface area contributed by atoms with Gasteiger partial charge in [0, 0.05) is 24.3 Å². The molecule has 0 amide bonds. The molecule has 1 unspecified atom stereocenters. The molecule has 0 fully saturated rings. The zero-order chi connectivity index (χ0) is 18.6. The van der Waals surface area contributed by atoms with E-state index < -0.39 is 31.0 Å². The molecule has 1 atom stereocenters. The highest BCUT2D eigenvalue weighted by molar-refractivity contribution is 7.49. The van der Waals surface area contributed by atoms with Gasteiger partial charge in [-0.15, -0.1) is 0 Å². The van der Waals surface area contributed by atoms with E-state index in [0.717, 1.165) is 17.7 Å². The minimum absolute atomic E-state index is 0.0199. The third-order valence-corrected chi connectivity index (χ3v) is 4.16. The first-order valence-electron chi connectivity index (χ1n) is 7.46. The van der Waals surface area contributed by atoms with Crippen LogP contribution in [0.1, 0.15) is 18.4 Å². The largest absolute Gasteiger partial charge is 0.508 e. The van der Waals surface area contributed by atoms with E-state index in [9.17, 15) is 24.4 Å². The van der Waals surface area contributed by atoms with Crippen LogP contribution in [0.3, 0.4) is 0 Å². The van der Waals surface area contributed by atoms with Crippen molar-refractivity contribution in [3.63, 3.8) is 0 Å². The second-order valence-electron chi connectivity index (χ2n) is 5.65. The van der Waals surface area contributed by atoms with E-state index in [1.807, 2.05) is 5.09 Å². The van der Waals surface area contributed by atoms with Gasteiger partial charge < -0.3 is 20.0 Å². The summed E-state index contributed by atoms with van der Waals surface area (Å²) in [6.45, 7) is 0. The summed E-state index contributed by atoms with van der Waals surface area (Å²) >= 11 is 0. The lowest BCUT2D eigenvalue weighted by Gasteiger charge is -2.22. The molecule has 0 spiro atoms. The van der Waals surface area contributed by atoms with Gasteiger partial charge in [-0.2, -0.15) is 0 Å². The number of aryl methyl sites for hydroxylation is 1. The first-order valence-corrected chi connectivity index (χ1v) is 9.07. The monoisotopic (exact) mass is 367 g/mol. The first kappa shape index (κ1) is 18.9. The van der Waals surface area contributed by atoms with Crippen LogP contribution in [-0.2, 0) is 20.6 Å². The number of benzene rings is 1. The summed E-state index contributed by atoms with van der Waals surface area (Å²) in [5.74, 6) is -2.94. The van der Waals surface area contributed by atoms with Crippen LogP contribution < -0.4 is 5.09 Å². The lowest BCUT2D eigenvalue weighted by molar-refractivity contribution is -0.129. The van der Waals surface area contributed by atoms with Crippen LogP contribution in [0.15, 0.2) is 47.9 Å². The van der Waals surface area contributed by atoms with Crippen LogP contribution in [0.5, 0.6) is 5.75 Å². The Kier molecular flexibility index (Phi) is 5.79. The Morgan fingerprint density at radius 2 is 1.76 bits per heavy atom. The fraction of sp³-hybridized carbons (Fsp3) is 0.250. The Balaban J connectivity index is 2.02. The average molecular weight is 367 g/mol. The Morgan fingerprint density at radius 1 is 1.12 bits per heavy atom. The molecule has 1 aromatic carbocycles. The second kappa shape index (κ2) is 7.65. The standard InChI is InChI=1S/C16H18NO7P/c18-11-6-4-10(5-7-11)2-1-3-14(20)16-13(17-25(22,23)24)8-12(19)9-15(16)21/h4-9,16,18-19H,1-3H2,(H3,17,22,23,24). The molecule has 5 N–H and O–H groups in total. The number of aliphatic hydroxyl groups excluding tert-OH is 1. The highest BCUT2D eigenvalue weighted by atomic mass is 31.2. The maximum atomic E-state index is 12.4. The van der Waals surface area contributed by atoms with E-state index in [1.165, 1.54) is 12.1 Å². The maximum Gasteiger partial charge on any atom is 0.427 e. The molecule has 1 aromatic rings. The van der Waals surface area contributed by atoms with Crippen molar-refractivity contribution in [2.24, 2.45) is 5.92 Å². The van der Waals surface area contributed by atoms with Crippen LogP contribution in [0.4, 0.5) is 0 Å². The lowest BCUT2D eigenvalue weighted by atomic mass is 9.88. The van der Waals surface area contributed by atoms with E-state index in [-0.39, 0.29) is 17.9 Å². The van der Waals surface area contributed by atoms with Crippen molar-refractivity contribution in [2.75, 3.05) is 0 Å². The van der Waals surface area contributed by atoms with Gasteiger partial charge in [0.15, 0.2) is 5.78 Å². The van der Waals surface area contributed by atoms with Gasteiger partial charge >= 0.3 is 7.75 Å². The van der Waals surface area contributed by atoms with Crippen molar-refractivity contribution in [1.29, 1.82) is 0 Å². The van der Waals surface area contributed by atoms with E-state index in [4.69, 9.17) is 9.79 Å². The minimum atomic E-state index is -4.73. The summed E-state index contributed by atoms with van der Waals surface area (Å²) in [5, 5.41) is 20.5. The molecule has 2 rings (SSSR count). The number of ketones is 2. The van der Waals surface area contributed by atoms with Crippen molar-refractivity contribution in [2.45, 2.75) is 19.3 Å². The SMILES string of the molecule is O=C1C=C(O)C=C(NP(=O)(O)O)C1C(=O)CCCc1ccc(O)cc1. The normalized spacial score (nSPS) is 17.7. The molecule has 0 saturated carbocycles. The molecule has 134 valence electrons. The molecular formula is C16H18NO7P. The Labute approximate surface area is 143 Å². The van der Waals surface area contributed by atoms with E-state index >= 15 is 0 Å². The Morgan fingerprint density at radius 3 is 2.36 bits per heavy atom. The molecular weight excluding hydrogens is 349 g/mol. The van der Waals surface area contributed by atoms with Crippen LogP contribution in [-0.4, -0.2) is 31.6 Å². The molecule has 25 heavy (non-hydrogen) atoms. The summed E-state index contributed by atoms with van der Waals surface area (Å²) in [7, 11) is -4.73. The molecule has 0 bridgehead atoms. The average Bonchev–Trinajstić information content (AvgIpc) is 2.46. The molecule has 0 aromatic heterocycles. The van der Waals surface area contributed by atoms with E-state index in [2.05, 4.69) is 0 Å². The van der Waals surface area contributed by atoms with Crippen LogP contribution in [0.25, 0.3) is 0 Å². The molecule has 1 aliphatic rings. The number of nitrogens with one attached hydrogen (secondary N) is 1. The van der Waals surface area contributed by atoms with Gasteiger partial charge in [0.25, 0.3) is 0 Å². The number of carbonyl (C=O) groups is 2. The number of hydrogen-bond acceptors (Lipinski definition) is 5. The van der Waals surface area contributed by atoms with Gasteiger partial charge in [0.05, 0.1) is 0 Å². The number of aromatic hydroxyl groups is 1. The van der Waals surface area contributed by atoms with Gasteiger partial charge in [-0.05, 0) is 30.5 Å². The van der Waals surface area contributed by atoms with Crippen LogP contribution in [0.2, 0.25) is 0 Å². The number of phenols is 1. The van der Waals surface area contributed by atoms with Crippen molar-refractivity contribution in [3.8, 4) is 5.75 Å². The number of rotatable bonds is 7. The van der Waals surface area contributed by atoms with Crippen molar-refractivity contribution in [3.05, 3.63) is 53.4 Å². The molecule has 1 aliphatic carbocycles. The Hall–Kier alpha value is -2.41. The number of carbonyl (C=O) groups excluding carboxylic acids is 2. The summed E-state index contributed by atoms with van der Waals surface area (Å²) in [6.07, 6.45) is 2.80. The maximum absolute atomic E-state index is 12.4. The molecule has 0 heterocycles. The molecule has 9 heteroatoms. The van der Waals surface area contributed by atoms with Crippen molar-refractivity contribution >= 4 is 19.3 Å². The smallest absolute Gasteiger partial charge is 0.427 e. The highest BCUT2D eigenvalue weighted by Crippen LogP contribution is 2.34. The van der Waals surface area contributed by atoms with E-state index in [1.54, 1.807) is 12.1 Å². The minimum Gasteiger partial charge on any atom is -0.508 e. The summed E-state index contributed by atoms with van der Waals surface area (Å²) in [6, 6.07) is 6.49. The van der Waals surface area contributed by atoms with Gasteiger partial charge in [0.1, 0.15) is 23.2 Å². The summed E-state index contributed by atoms with van der Waals surface area (Å²) < 4.78 is 11.1. The number of Topliss-reactive ketones (excluding diaryl/α,β-unsaturated/α-hetero) is 1. The quantitative estimate of drug-likeness (QED) is 0.360. The van der Waals surface area contributed by atoms with Crippen LogP contribution in [0, 0.1) is 5.92 Å². The fourth-order valence-electron chi connectivity index (χ4n) is 2.54. The molecule has 8 nitrogen and oxygen atoms in total. The summed E-state index contributed by atoms with van der Waals surface area (Å²) in [5.41, 5.74) is 0.593. The van der Waals surface area contributed by atoms with Gasteiger partial charge in [0.2, 0.25) is 0 Å². The summed E-state index contributed by atoms with van der Waals surface area (Å²) in [4.78, 5) is 42.4. The van der Waals surface area contributed by atoms with Gasteiger partial charge in [-0.1, -0.05) is 12.1 Å². The van der Waals surface area contributed by atoms with E-state index in [0.29, 0.717) is 12.8 Å². The van der Waals surface area contributed by atoms with Gasteiger partial charge in [-0.3, -0.25) is 14.7 Å². The lowest BCUT2D eigenvalue weighted by Crippen LogP contribution is -2.33. The first-order chi connectivity index (χ1) is 11.7. The van der Waals surface area contributed by atoms with Crippen molar-refractivity contribution in [1.82, 2.24) is 5.09 Å². The molecule has 0 aliphatic heterocycles. The number of phenolic OH excluding ortho intramolecular Hbond substituents is 1.